The molecular formula is C24H24NO2P. The third-order valence-corrected chi connectivity index (χ3v) is 12.9. The molecular weight excluding hydrogens is 365 g/mol. The Hall–Kier alpha value is -2.48. The molecule has 0 unspecified atom stereocenters. The van der Waals surface area contributed by atoms with Crippen LogP contribution in [0.1, 0.15) is 42.3 Å². The average Bonchev–Trinajstić information content (AvgIpc) is 3.14. The molecule has 4 heteroatoms. The Labute approximate surface area is 165 Å². The molecule has 1 fully saturated rings. The van der Waals surface area contributed by atoms with Crippen molar-refractivity contribution in [2.45, 2.75) is 31.5 Å². The van der Waals surface area contributed by atoms with Gasteiger partial charge in [-0.3, -0.25) is 0 Å². The van der Waals surface area contributed by atoms with Crippen LogP contribution in [0.3, 0.4) is 0 Å². The summed E-state index contributed by atoms with van der Waals surface area (Å²) in [6.45, 7) is 1.04. The summed E-state index contributed by atoms with van der Waals surface area (Å²) in [6.07, 6.45) is 0.777. The Balaban J connectivity index is 1.84. The molecule has 142 valence electrons. The van der Waals surface area contributed by atoms with Crippen molar-refractivity contribution in [3.63, 3.8) is 0 Å². The van der Waals surface area contributed by atoms with Gasteiger partial charge in [-0.2, -0.15) is 0 Å². The molecule has 0 bridgehead atoms. The maximum absolute atomic E-state index is 13.2. The molecule has 0 radical (unpaired) electrons. The standard InChI is InChI=1S/C24H24NO2P/c1-24(2)17-21(18-11-5-3-6-12-18)27-28(24,19-13-7-4-8-14-19)22-16-10-9-15-20(22)23(26)25-28/h3-16,21H,17H2,1-2H3,(H,25,26)/t21-/m0/s1. The van der Waals surface area contributed by atoms with Crippen molar-refractivity contribution in [1.29, 1.82) is 0 Å². The molecule has 0 saturated carbocycles. The van der Waals surface area contributed by atoms with E-state index in [9.17, 15) is 4.79 Å². The van der Waals surface area contributed by atoms with Gasteiger partial charge in [0.25, 0.3) is 0 Å². The van der Waals surface area contributed by atoms with Gasteiger partial charge in [0, 0.05) is 0 Å². The first-order valence-corrected chi connectivity index (χ1v) is 11.9. The van der Waals surface area contributed by atoms with E-state index >= 15 is 0 Å². The van der Waals surface area contributed by atoms with Crippen molar-refractivity contribution in [2.24, 2.45) is 0 Å². The molecule has 1 saturated heterocycles. The summed E-state index contributed by atoms with van der Waals surface area (Å²) in [7, 11) is 0. The van der Waals surface area contributed by atoms with Crippen LogP contribution in [0.2, 0.25) is 0 Å². The van der Waals surface area contributed by atoms with Gasteiger partial charge in [0.05, 0.1) is 0 Å². The van der Waals surface area contributed by atoms with E-state index in [1.165, 1.54) is 0 Å². The summed E-state index contributed by atoms with van der Waals surface area (Å²) in [5.74, 6) is -0.0288. The molecule has 1 N–H and O–H groups in total. The second-order valence-corrected chi connectivity index (χ2v) is 13.1. The molecule has 2 aliphatic heterocycles. The van der Waals surface area contributed by atoms with Crippen LogP contribution in [0.4, 0.5) is 0 Å². The van der Waals surface area contributed by atoms with E-state index in [4.69, 9.17) is 4.52 Å². The number of carbonyl (C=O) groups excluding carboxylic acids is 1. The Morgan fingerprint density at radius 3 is 2.21 bits per heavy atom. The molecule has 3 aromatic rings. The van der Waals surface area contributed by atoms with Crippen LogP contribution in [-0.4, -0.2) is 11.1 Å². The van der Waals surface area contributed by atoms with Crippen LogP contribution >= 0.6 is 6.98 Å². The minimum atomic E-state index is -3.47. The molecule has 3 nitrogen and oxygen atoms in total. The van der Waals surface area contributed by atoms with E-state index < -0.39 is 6.98 Å². The van der Waals surface area contributed by atoms with Crippen molar-refractivity contribution >= 4 is 23.5 Å². The average molecular weight is 389 g/mol. The maximum atomic E-state index is 13.2. The van der Waals surface area contributed by atoms with Crippen molar-refractivity contribution in [1.82, 2.24) is 5.09 Å². The first kappa shape index (κ1) is 17.6. The Morgan fingerprint density at radius 1 is 0.893 bits per heavy atom. The van der Waals surface area contributed by atoms with E-state index in [1.807, 2.05) is 54.6 Å². The summed E-state index contributed by atoms with van der Waals surface area (Å²) in [5, 5.41) is 5.36. The third-order valence-electron chi connectivity index (χ3n) is 6.52. The van der Waals surface area contributed by atoms with Crippen LogP contribution in [-0.2, 0) is 4.52 Å². The number of fused-ring (bicyclic) bond motifs is 2. The fraction of sp³-hybridized carbons (Fsp3) is 0.208. The van der Waals surface area contributed by atoms with Crippen molar-refractivity contribution in [3.8, 4) is 0 Å². The quantitative estimate of drug-likeness (QED) is 0.645. The summed E-state index contributed by atoms with van der Waals surface area (Å²) < 4.78 is 7.18. The van der Waals surface area contributed by atoms with Crippen LogP contribution < -0.4 is 15.7 Å². The monoisotopic (exact) mass is 389 g/mol. The number of carbonyl (C=O) groups is 1. The number of hydrogen-bond acceptors (Lipinski definition) is 2. The van der Waals surface area contributed by atoms with Gasteiger partial charge in [-0.25, -0.2) is 0 Å². The number of amides is 1. The molecule has 1 amide bonds. The van der Waals surface area contributed by atoms with Crippen molar-refractivity contribution in [3.05, 3.63) is 96.1 Å². The zero-order chi connectivity index (χ0) is 19.4. The number of rotatable bonds is 2. The fourth-order valence-corrected chi connectivity index (χ4v) is 11.4. The molecule has 2 heterocycles. The molecule has 1 spiro atoms. The van der Waals surface area contributed by atoms with Crippen LogP contribution in [0, 0.1) is 0 Å². The predicted molar refractivity (Wildman–Crippen MR) is 116 cm³/mol. The molecule has 0 aromatic heterocycles. The summed E-state index contributed by atoms with van der Waals surface area (Å²) in [6, 6.07) is 28.7. The van der Waals surface area contributed by atoms with Gasteiger partial charge in [-0.1, -0.05) is 0 Å². The van der Waals surface area contributed by atoms with Gasteiger partial charge in [0.15, 0.2) is 0 Å². The number of nitrogens with one attached hydrogen (secondary N) is 1. The summed E-state index contributed by atoms with van der Waals surface area (Å²) in [4.78, 5) is 13.2. The van der Waals surface area contributed by atoms with Gasteiger partial charge in [0.2, 0.25) is 0 Å². The first-order chi connectivity index (χ1) is 13.5. The minimum absolute atomic E-state index is 0.0288. The van der Waals surface area contributed by atoms with Crippen molar-refractivity contribution < 1.29 is 9.32 Å². The fourth-order valence-electron chi connectivity index (χ4n) is 5.15. The van der Waals surface area contributed by atoms with E-state index in [-0.39, 0.29) is 17.2 Å². The normalized spacial score (nSPS) is 24.9. The molecule has 0 aliphatic carbocycles. The van der Waals surface area contributed by atoms with Gasteiger partial charge in [-0.15, -0.1) is 0 Å². The second kappa shape index (κ2) is 5.76. The SMILES string of the molecule is CC1(C)C[C@@H](c2ccccc2)OP12(c1ccccc1)NC(=O)c1ccccc12. The van der Waals surface area contributed by atoms with Gasteiger partial charge < -0.3 is 0 Å². The summed E-state index contributed by atoms with van der Waals surface area (Å²) in [5.41, 5.74) is 1.90. The molecule has 28 heavy (non-hydrogen) atoms. The molecule has 2 aliphatic rings. The zero-order valence-electron chi connectivity index (χ0n) is 16.1. The predicted octanol–water partition coefficient (Wildman–Crippen LogP) is 4.70. The Morgan fingerprint density at radius 2 is 1.50 bits per heavy atom. The van der Waals surface area contributed by atoms with Crippen LogP contribution in [0.5, 0.6) is 0 Å². The number of hydrogen-bond donors (Lipinski definition) is 1. The molecule has 1 atom stereocenters. The molecule has 5 rings (SSSR count). The van der Waals surface area contributed by atoms with Crippen LogP contribution in [0.25, 0.3) is 0 Å². The number of benzene rings is 3. The zero-order valence-corrected chi connectivity index (χ0v) is 17.0. The molecule has 3 aromatic carbocycles. The van der Waals surface area contributed by atoms with Crippen molar-refractivity contribution in [2.75, 3.05) is 0 Å². The van der Waals surface area contributed by atoms with E-state index in [1.54, 1.807) is 0 Å². The second-order valence-electron chi connectivity index (χ2n) is 8.35. The topological polar surface area (TPSA) is 38.3 Å². The van der Waals surface area contributed by atoms with E-state index in [2.05, 4.69) is 49.3 Å². The van der Waals surface area contributed by atoms with E-state index in [0.29, 0.717) is 0 Å². The third kappa shape index (κ3) is 1.98. The summed E-state index contributed by atoms with van der Waals surface area (Å²) >= 11 is 0. The van der Waals surface area contributed by atoms with Gasteiger partial charge >= 0.3 is 165 Å². The van der Waals surface area contributed by atoms with Gasteiger partial charge in [-0.05, 0) is 0 Å². The first-order valence-electron chi connectivity index (χ1n) is 9.72. The van der Waals surface area contributed by atoms with Crippen LogP contribution in [0.15, 0.2) is 84.9 Å². The Bertz CT molecular complexity index is 1070. The van der Waals surface area contributed by atoms with Gasteiger partial charge in [0.1, 0.15) is 0 Å². The Kier molecular flexibility index (Phi) is 3.62. The van der Waals surface area contributed by atoms with E-state index in [0.717, 1.165) is 28.2 Å².